The summed E-state index contributed by atoms with van der Waals surface area (Å²) >= 11 is 0. The molecular formula is C12H18F6N3O2+. The maximum Gasteiger partial charge on any atom is 0.471 e. The molecule has 11 heteroatoms. The van der Waals surface area contributed by atoms with Crippen LogP contribution in [0.5, 0.6) is 0 Å². The van der Waals surface area contributed by atoms with E-state index in [-0.39, 0.29) is 32.6 Å². The second-order valence-electron chi connectivity index (χ2n) is 5.25. The minimum atomic E-state index is -4.92. The molecule has 1 aliphatic rings. The Balaban J connectivity index is 2.31. The monoisotopic (exact) mass is 350 g/mol. The van der Waals surface area contributed by atoms with E-state index in [0.717, 1.165) is 9.80 Å². The molecule has 1 fully saturated rings. The van der Waals surface area contributed by atoms with Crippen LogP contribution in [0.25, 0.3) is 0 Å². The number of hydrogen-bond donors (Lipinski definition) is 2. The zero-order valence-corrected chi connectivity index (χ0v) is 12.2. The molecule has 0 radical (unpaired) electrons. The van der Waals surface area contributed by atoms with Crippen LogP contribution < -0.4 is 10.2 Å². The van der Waals surface area contributed by atoms with Gasteiger partial charge in [0.05, 0.1) is 26.2 Å². The highest BCUT2D eigenvalue weighted by atomic mass is 19.4. The van der Waals surface area contributed by atoms with E-state index in [1.54, 1.807) is 5.32 Å². The summed E-state index contributed by atoms with van der Waals surface area (Å²) in [4.78, 5) is 23.4. The SMILES string of the molecule is O=C(NCCC[NH+]1CCCN(C(=O)C(F)(F)F)CC1)C(F)(F)F. The molecule has 1 saturated heterocycles. The third-order valence-electron chi connectivity index (χ3n) is 3.47. The molecule has 1 rings (SSSR count). The average molecular weight is 350 g/mol. The Kier molecular flexibility index (Phi) is 6.66. The Morgan fingerprint density at radius 3 is 2.22 bits per heavy atom. The molecular weight excluding hydrogens is 332 g/mol. The highest BCUT2D eigenvalue weighted by Crippen LogP contribution is 2.18. The predicted molar refractivity (Wildman–Crippen MR) is 66.5 cm³/mol. The van der Waals surface area contributed by atoms with Crippen LogP contribution in [0.1, 0.15) is 12.8 Å². The van der Waals surface area contributed by atoms with E-state index in [4.69, 9.17) is 0 Å². The van der Waals surface area contributed by atoms with Gasteiger partial charge in [-0.2, -0.15) is 26.3 Å². The van der Waals surface area contributed by atoms with Crippen LogP contribution >= 0.6 is 0 Å². The molecule has 2 amide bonds. The van der Waals surface area contributed by atoms with Crippen LogP contribution in [0.2, 0.25) is 0 Å². The normalized spacial score (nSPS) is 20.1. The van der Waals surface area contributed by atoms with E-state index < -0.39 is 24.2 Å². The molecule has 1 heterocycles. The Morgan fingerprint density at radius 2 is 1.65 bits per heavy atom. The third-order valence-corrected chi connectivity index (χ3v) is 3.47. The van der Waals surface area contributed by atoms with Crippen LogP contribution in [0.4, 0.5) is 26.3 Å². The van der Waals surface area contributed by atoms with E-state index in [9.17, 15) is 35.9 Å². The highest BCUT2D eigenvalue weighted by molar-refractivity contribution is 5.82. The summed E-state index contributed by atoms with van der Waals surface area (Å²) in [6, 6.07) is 0. The van der Waals surface area contributed by atoms with Crippen LogP contribution in [0.3, 0.4) is 0 Å². The first-order valence-corrected chi connectivity index (χ1v) is 7.06. The smallest absolute Gasteiger partial charge is 0.348 e. The Hall–Kier alpha value is -1.52. The first-order chi connectivity index (χ1) is 10.5. The first-order valence-electron chi connectivity index (χ1n) is 7.06. The number of rotatable bonds is 4. The van der Waals surface area contributed by atoms with Gasteiger partial charge < -0.3 is 15.1 Å². The van der Waals surface area contributed by atoms with Crippen molar-refractivity contribution in [2.45, 2.75) is 25.2 Å². The summed E-state index contributed by atoms with van der Waals surface area (Å²) in [5.41, 5.74) is 0. The molecule has 0 spiro atoms. The lowest BCUT2D eigenvalue weighted by Crippen LogP contribution is -3.12. The summed E-state index contributed by atoms with van der Waals surface area (Å²) in [7, 11) is 0. The lowest BCUT2D eigenvalue weighted by Gasteiger charge is -2.21. The van der Waals surface area contributed by atoms with Gasteiger partial charge in [-0.3, -0.25) is 9.59 Å². The van der Waals surface area contributed by atoms with Gasteiger partial charge in [-0.25, -0.2) is 0 Å². The van der Waals surface area contributed by atoms with Crippen molar-refractivity contribution in [2.24, 2.45) is 0 Å². The maximum absolute atomic E-state index is 12.4. The maximum atomic E-state index is 12.4. The Labute approximate surface area is 128 Å². The van der Waals surface area contributed by atoms with E-state index in [2.05, 4.69) is 0 Å². The molecule has 0 saturated carbocycles. The van der Waals surface area contributed by atoms with Gasteiger partial charge in [-0.1, -0.05) is 0 Å². The van der Waals surface area contributed by atoms with Gasteiger partial charge in [0.2, 0.25) is 0 Å². The summed E-state index contributed by atoms with van der Waals surface area (Å²) < 4.78 is 72.9. The molecule has 2 N–H and O–H groups in total. The quantitative estimate of drug-likeness (QED) is 0.542. The lowest BCUT2D eigenvalue weighted by atomic mass is 10.3. The summed E-state index contributed by atoms with van der Waals surface area (Å²) in [5, 5.41) is 1.73. The number of amides is 2. The number of nitrogens with one attached hydrogen (secondary N) is 2. The molecule has 0 aromatic carbocycles. The summed E-state index contributed by atoms with van der Waals surface area (Å²) in [5.74, 6) is -3.87. The van der Waals surface area contributed by atoms with Gasteiger partial charge in [0.15, 0.2) is 0 Å². The first kappa shape index (κ1) is 19.5. The van der Waals surface area contributed by atoms with Crippen molar-refractivity contribution in [3.8, 4) is 0 Å². The number of nitrogens with zero attached hydrogens (tertiary/aromatic N) is 1. The van der Waals surface area contributed by atoms with Crippen molar-refractivity contribution in [2.75, 3.05) is 39.3 Å². The molecule has 23 heavy (non-hydrogen) atoms. The van der Waals surface area contributed by atoms with Gasteiger partial charge >= 0.3 is 24.2 Å². The van der Waals surface area contributed by atoms with Gasteiger partial charge in [0, 0.05) is 25.9 Å². The zero-order valence-electron chi connectivity index (χ0n) is 12.2. The molecule has 5 nitrogen and oxygen atoms in total. The number of quaternary nitrogens is 1. The standard InChI is InChI=1S/C12H17F6N3O2/c13-11(14,15)9(22)19-3-1-4-20-5-2-6-21(8-7-20)10(23)12(16,17)18/h1-8H2,(H,19,22)/p+1. The molecule has 0 aromatic rings. The molecule has 134 valence electrons. The van der Waals surface area contributed by atoms with Gasteiger partial charge in [-0.15, -0.1) is 0 Å². The zero-order chi connectivity index (χ0) is 17.7. The molecule has 1 aliphatic heterocycles. The fourth-order valence-electron chi connectivity index (χ4n) is 2.32. The number of hydrogen-bond acceptors (Lipinski definition) is 2. The van der Waals surface area contributed by atoms with Crippen molar-refractivity contribution in [1.82, 2.24) is 10.2 Å². The molecule has 0 aromatic heterocycles. The average Bonchev–Trinajstić information content (AvgIpc) is 2.66. The largest absolute Gasteiger partial charge is 0.471 e. The minimum Gasteiger partial charge on any atom is -0.348 e. The second-order valence-corrected chi connectivity index (χ2v) is 5.25. The molecule has 1 unspecified atom stereocenters. The van der Waals surface area contributed by atoms with Crippen molar-refractivity contribution < 1.29 is 40.8 Å². The van der Waals surface area contributed by atoms with Crippen LogP contribution in [-0.2, 0) is 9.59 Å². The fourth-order valence-corrected chi connectivity index (χ4v) is 2.32. The van der Waals surface area contributed by atoms with E-state index in [1.807, 2.05) is 0 Å². The summed E-state index contributed by atoms with van der Waals surface area (Å²) in [6.07, 6.45) is -9.17. The van der Waals surface area contributed by atoms with Gasteiger partial charge in [0.25, 0.3) is 0 Å². The molecule has 1 atom stereocenters. The van der Waals surface area contributed by atoms with Crippen molar-refractivity contribution in [1.29, 1.82) is 0 Å². The Morgan fingerprint density at radius 1 is 1.00 bits per heavy atom. The number of halogens is 6. The van der Waals surface area contributed by atoms with Crippen molar-refractivity contribution in [3.05, 3.63) is 0 Å². The van der Waals surface area contributed by atoms with Crippen molar-refractivity contribution >= 4 is 11.8 Å². The van der Waals surface area contributed by atoms with Crippen LogP contribution in [0, 0.1) is 0 Å². The number of alkyl halides is 6. The molecule has 0 bridgehead atoms. The van der Waals surface area contributed by atoms with Gasteiger partial charge in [0.1, 0.15) is 0 Å². The number of carbonyl (C=O) groups is 2. The number of carbonyl (C=O) groups excluding carboxylic acids is 2. The van der Waals surface area contributed by atoms with E-state index >= 15 is 0 Å². The van der Waals surface area contributed by atoms with Crippen molar-refractivity contribution in [3.63, 3.8) is 0 Å². The van der Waals surface area contributed by atoms with Gasteiger partial charge in [-0.05, 0) is 0 Å². The van der Waals surface area contributed by atoms with E-state index in [1.165, 1.54) is 0 Å². The van der Waals surface area contributed by atoms with Crippen LogP contribution in [0.15, 0.2) is 0 Å². The second kappa shape index (κ2) is 7.84. The molecule has 0 aliphatic carbocycles. The Bertz CT molecular complexity index is 424. The topological polar surface area (TPSA) is 53.9 Å². The predicted octanol–water partition coefficient (Wildman–Crippen LogP) is -0.265. The fraction of sp³-hybridized carbons (Fsp3) is 0.833. The lowest BCUT2D eigenvalue weighted by molar-refractivity contribution is -0.898. The highest BCUT2D eigenvalue weighted by Gasteiger charge is 2.43. The summed E-state index contributed by atoms with van der Waals surface area (Å²) in [6.45, 7) is 1.01. The minimum absolute atomic E-state index is 0.00660. The van der Waals surface area contributed by atoms with Crippen LogP contribution in [-0.4, -0.2) is 68.3 Å². The van der Waals surface area contributed by atoms with E-state index in [0.29, 0.717) is 19.5 Å². The third kappa shape index (κ3) is 6.63.